The van der Waals surface area contributed by atoms with Gasteiger partial charge in [-0.3, -0.25) is 9.59 Å². The highest BCUT2D eigenvalue weighted by molar-refractivity contribution is 5.89. The van der Waals surface area contributed by atoms with Crippen molar-refractivity contribution < 1.29 is 19.1 Å². The summed E-state index contributed by atoms with van der Waals surface area (Å²) < 4.78 is 10.8. The molecule has 1 saturated heterocycles. The molecule has 1 aliphatic rings. The second-order valence-corrected chi connectivity index (χ2v) is 7.13. The average molecular weight is 312 g/mol. The maximum atomic E-state index is 12.3. The molecule has 0 radical (unpaired) electrons. The van der Waals surface area contributed by atoms with Crippen molar-refractivity contribution in [2.45, 2.75) is 85.2 Å². The largest absolute Gasteiger partial charge is 0.466 e. The molecule has 0 amide bonds. The Balaban J connectivity index is 2.67. The van der Waals surface area contributed by atoms with E-state index in [9.17, 15) is 9.59 Å². The molecule has 0 saturated carbocycles. The van der Waals surface area contributed by atoms with Crippen LogP contribution in [-0.2, 0) is 19.1 Å². The monoisotopic (exact) mass is 312 g/mol. The Labute approximate surface area is 134 Å². The van der Waals surface area contributed by atoms with Gasteiger partial charge in [0.15, 0.2) is 0 Å². The summed E-state index contributed by atoms with van der Waals surface area (Å²) in [4.78, 5) is 24.5. The summed E-state index contributed by atoms with van der Waals surface area (Å²) >= 11 is 0. The Bertz CT molecular complexity index is 389. The maximum absolute atomic E-state index is 12.3. The molecule has 0 bridgehead atoms. The normalized spacial score (nSPS) is 26.8. The molecule has 22 heavy (non-hydrogen) atoms. The van der Waals surface area contributed by atoms with Gasteiger partial charge in [-0.15, -0.1) is 0 Å². The van der Waals surface area contributed by atoms with Gasteiger partial charge in [0.1, 0.15) is 11.5 Å². The molecule has 0 aromatic rings. The molecular weight excluding hydrogens is 280 g/mol. The van der Waals surface area contributed by atoms with E-state index >= 15 is 0 Å². The van der Waals surface area contributed by atoms with Crippen LogP contribution in [0.4, 0.5) is 0 Å². The number of ether oxygens (including phenoxy) is 2. The molecular formula is C18H32O4. The summed E-state index contributed by atoms with van der Waals surface area (Å²) in [6.07, 6.45) is 7.75. The molecule has 1 fully saturated rings. The van der Waals surface area contributed by atoms with Gasteiger partial charge in [0.25, 0.3) is 0 Å². The van der Waals surface area contributed by atoms with Crippen molar-refractivity contribution in [3.8, 4) is 0 Å². The van der Waals surface area contributed by atoms with Crippen LogP contribution in [0.2, 0.25) is 0 Å². The first-order valence-corrected chi connectivity index (χ1v) is 8.69. The number of hydrogen-bond donors (Lipinski definition) is 0. The van der Waals surface area contributed by atoms with E-state index in [2.05, 4.69) is 6.92 Å². The fourth-order valence-electron chi connectivity index (χ4n) is 3.50. The topological polar surface area (TPSA) is 52.6 Å². The predicted molar refractivity (Wildman–Crippen MR) is 86.4 cm³/mol. The molecule has 0 unspecified atom stereocenters. The van der Waals surface area contributed by atoms with E-state index in [1.807, 2.05) is 6.92 Å². The molecule has 1 heterocycles. The molecule has 0 aliphatic carbocycles. The van der Waals surface area contributed by atoms with Crippen molar-refractivity contribution in [3.05, 3.63) is 0 Å². The maximum Gasteiger partial charge on any atom is 0.314 e. The van der Waals surface area contributed by atoms with E-state index in [4.69, 9.17) is 9.47 Å². The van der Waals surface area contributed by atoms with Crippen LogP contribution >= 0.6 is 0 Å². The van der Waals surface area contributed by atoms with Crippen LogP contribution in [0.1, 0.15) is 79.6 Å². The Hall–Kier alpha value is -1.06. The Morgan fingerprint density at radius 3 is 2.27 bits per heavy atom. The number of carbonyl (C=O) groups excluding carboxylic acids is 2. The zero-order valence-corrected chi connectivity index (χ0v) is 14.9. The van der Waals surface area contributed by atoms with Crippen molar-refractivity contribution in [3.63, 3.8) is 0 Å². The Kier molecular flexibility index (Phi) is 6.89. The van der Waals surface area contributed by atoms with Gasteiger partial charge in [0.05, 0.1) is 12.0 Å². The highest BCUT2D eigenvalue weighted by Crippen LogP contribution is 2.48. The predicted octanol–water partition coefficient (Wildman–Crippen LogP) is 4.26. The number of esters is 2. The molecule has 0 aromatic heterocycles. The zero-order valence-electron chi connectivity index (χ0n) is 14.9. The molecule has 0 N–H and O–H groups in total. The summed E-state index contributed by atoms with van der Waals surface area (Å²) in [5.41, 5.74) is -1.55. The summed E-state index contributed by atoms with van der Waals surface area (Å²) in [6.45, 7) is 9.76. The van der Waals surface area contributed by atoms with E-state index in [1.165, 1.54) is 25.7 Å². The fraction of sp³-hybridized carbons (Fsp3) is 0.889. The third kappa shape index (κ3) is 4.23. The van der Waals surface area contributed by atoms with E-state index in [0.29, 0.717) is 6.61 Å². The van der Waals surface area contributed by atoms with Gasteiger partial charge in [-0.05, 0) is 40.5 Å². The van der Waals surface area contributed by atoms with Crippen LogP contribution in [0.15, 0.2) is 0 Å². The molecule has 2 atom stereocenters. The molecule has 0 aromatic carbocycles. The lowest BCUT2D eigenvalue weighted by molar-refractivity contribution is -0.157. The molecule has 128 valence electrons. The number of rotatable bonds is 9. The van der Waals surface area contributed by atoms with Crippen LogP contribution in [0.5, 0.6) is 0 Å². The van der Waals surface area contributed by atoms with Crippen molar-refractivity contribution in [1.82, 2.24) is 0 Å². The smallest absolute Gasteiger partial charge is 0.314 e. The van der Waals surface area contributed by atoms with Crippen molar-refractivity contribution in [2.24, 2.45) is 11.3 Å². The number of unbranched alkanes of at least 4 members (excludes halogenated alkanes) is 5. The second-order valence-electron chi connectivity index (χ2n) is 7.13. The first-order chi connectivity index (χ1) is 10.3. The molecule has 1 aliphatic heterocycles. The molecule has 1 rings (SSSR count). The highest BCUT2D eigenvalue weighted by atomic mass is 16.6. The quantitative estimate of drug-likeness (QED) is 0.471. The summed E-state index contributed by atoms with van der Waals surface area (Å²) in [7, 11) is 0. The van der Waals surface area contributed by atoms with Crippen molar-refractivity contribution >= 4 is 11.9 Å². The first kappa shape index (κ1) is 19.0. The van der Waals surface area contributed by atoms with Crippen LogP contribution in [0.3, 0.4) is 0 Å². The van der Waals surface area contributed by atoms with Gasteiger partial charge < -0.3 is 9.47 Å². The minimum Gasteiger partial charge on any atom is -0.466 e. The summed E-state index contributed by atoms with van der Waals surface area (Å²) in [5.74, 6) is -1.13. The van der Waals surface area contributed by atoms with Gasteiger partial charge in [-0.2, -0.15) is 0 Å². The van der Waals surface area contributed by atoms with Crippen LogP contribution < -0.4 is 0 Å². The number of hydrogen-bond acceptors (Lipinski definition) is 4. The van der Waals surface area contributed by atoms with Crippen LogP contribution in [-0.4, -0.2) is 24.1 Å². The summed E-state index contributed by atoms with van der Waals surface area (Å²) in [6, 6.07) is 0. The van der Waals surface area contributed by atoms with Crippen molar-refractivity contribution in [1.29, 1.82) is 0 Å². The molecule has 4 heteroatoms. The average Bonchev–Trinajstić information content (AvgIpc) is 2.60. The zero-order chi connectivity index (χ0) is 16.8. The highest BCUT2D eigenvalue weighted by Gasteiger charge is 2.61. The number of cyclic esters (lactones) is 1. The Morgan fingerprint density at radius 2 is 1.68 bits per heavy atom. The molecule has 4 nitrogen and oxygen atoms in total. The second kappa shape index (κ2) is 7.98. The third-order valence-corrected chi connectivity index (χ3v) is 4.73. The van der Waals surface area contributed by atoms with Crippen molar-refractivity contribution in [2.75, 3.05) is 6.61 Å². The lowest BCUT2D eigenvalue weighted by Gasteiger charge is -2.31. The van der Waals surface area contributed by atoms with Gasteiger partial charge in [0.2, 0.25) is 0 Å². The van der Waals surface area contributed by atoms with Crippen LogP contribution in [0, 0.1) is 11.3 Å². The lowest BCUT2D eigenvalue weighted by atomic mass is 9.71. The number of carbonyl (C=O) groups is 2. The third-order valence-electron chi connectivity index (χ3n) is 4.73. The van der Waals surface area contributed by atoms with Gasteiger partial charge in [-0.25, -0.2) is 0 Å². The lowest BCUT2D eigenvalue weighted by Crippen LogP contribution is -2.43. The summed E-state index contributed by atoms with van der Waals surface area (Å²) in [5, 5.41) is 0. The Morgan fingerprint density at radius 1 is 1.09 bits per heavy atom. The minimum absolute atomic E-state index is 0.293. The first-order valence-electron chi connectivity index (χ1n) is 8.69. The van der Waals surface area contributed by atoms with Gasteiger partial charge in [-0.1, -0.05) is 39.0 Å². The fourth-order valence-corrected chi connectivity index (χ4v) is 3.50. The SMILES string of the molecule is CCCCCCCC[C@@]1(C)OC(=O)C(C)(C)[C@@H]1C(=O)OCC. The minimum atomic E-state index is -0.816. The standard InChI is InChI=1S/C18H32O4/c1-6-8-9-10-11-12-13-18(5)14(15(19)21-7-2)17(3,4)16(20)22-18/h14H,6-13H2,1-5H3/t14-,18+/m0/s1. The van der Waals surface area contributed by atoms with Gasteiger partial charge in [0, 0.05) is 0 Å². The van der Waals surface area contributed by atoms with E-state index < -0.39 is 16.9 Å². The van der Waals surface area contributed by atoms with Crippen LogP contribution in [0.25, 0.3) is 0 Å². The molecule has 0 spiro atoms. The van der Waals surface area contributed by atoms with E-state index in [-0.39, 0.29) is 11.9 Å². The van der Waals surface area contributed by atoms with Gasteiger partial charge >= 0.3 is 11.9 Å². The van der Waals surface area contributed by atoms with E-state index in [1.54, 1.807) is 20.8 Å². The van der Waals surface area contributed by atoms with E-state index in [0.717, 1.165) is 19.3 Å².